The van der Waals surface area contributed by atoms with Crippen molar-refractivity contribution in [2.24, 2.45) is 11.8 Å². The lowest BCUT2D eigenvalue weighted by Gasteiger charge is -2.25. The third-order valence-electron chi connectivity index (χ3n) is 4.35. The number of thiophene rings is 1. The van der Waals surface area contributed by atoms with Gasteiger partial charge in [0.15, 0.2) is 0 Å². The van der Waals surface area contributed by atoms with E-state index in [-0.39, 0.29) is 0 Å². The molecule has 1 N–H and O–H groups in total. The predicted octanol–water partition coefficient (Wildman–Crippen LogP) is 4.99. The van der Waals surface area contributed by atoms with E-state index >= 15 is 0 Å². The maximum Gasteiger partial charge on any atom is 0.0363 e. The van der Waals surface area contributed by atoms with Crippen molar-refractivity contribution >= 4 is 21.4 Å². The highest BCUT2D eigenvalue weighted by Gasteiger charge is 2.34. The van der Waals surface area contributed by atoms with Gasteiger partial charge >= 0.3 is 0 Å². The summed E-state index contributed by atoms with van der Waals surface area (Å²) in [6.07, 6.45) is 4.05. The molecule has 0 aliphatic heterocycles. The summed E-state index contributed by atoms with van der Waals surface area (Å²) in [5.74, 6) is 1.69. The first-order valence-electron chi connectivity index (χ1n) is 7.50. The Hall–Kier alpha value is -0.860. The Labute approximate surface area is 120 Å². The zero-order valence-corrected chi connectivity index (χ0v) is 12.7. The van der Waals surface area contributed by atoms with Gasteiger partial charge in [0.1, 0.15) is 0 Å². The second kappa shape index (κ2) is 5.64. The summed E-state index contributed by atoms with van der Waals surface area (Å²) in [4.78, 5) is 0. The van der Waals surface area contributed by atoms with Crippen molar-refractivity contribution in [2.45, 2.75) is 39.2 Å². The van der Waals surface area contributed by atoms with Gasteiger partial charge in [0.25, 0.3) is 0 Å². The molecule has 0 radical (unpaired) electrons. The monoisotopic (exact) mass is 273 g/mol. The normalized spacial score (nSPS) is 18.6. The Balaban J connectivity index is 1.93. The number of hydrogen-bond donors (Lipinski definition) is 1. The average Bonchev–Trinajstić information content (AvgIpc) is 3.21. The van der Waals surface area contributed by atoms with Crippen LogP contribution >= 0.6 is 11.3 Å². The van der Waals surface area contributed by atoms with Crippen LogP contribution in [0.15, 0.2) is 29.6 Å². The van der Waals surface area contributed by atoms with E-state index < -0.39 is 0 Å². The van der Waals surface area contributed by atoms with Crippen molar-refractivity contribution in [3.05, 3.63) is 35.2 Å². The fraction of sp³-hybridized carbons (Fsp3) is 0.529. The highest BCUT2D eigenvalue weighted by Crippen LogP contribution is 2.44. The van der Waals surface area contributed by atoms with E-state index in [2.05, 4.69) is 48.8 Å². The van der Waals surface area contributed by atoms with E-state index in [1.807, 2.05) is 11.3 Å². The minimum Gasteiger partial charge on any atom is -0.310 e. The van der Waals surface area contributed by atoms with Gasteiger partial charge in [-0.05, 0) is 60.0 Å². The lowest BCUT2D eigenvalue weighted by Crippen LogP contribution is -2.28. The Morgan fingerprint density at radius 1 is 1.32 bits per heavy atom. The Kier molecular flexibility index (Phi) is 3.90. The van der Waals surface area contributed by atoms with Crippen molar-refractivity contribution in [1.82, 2.24) is 5.32 Å². The van der Waals surface area contributed by atoms with Crippen LogP contribution in [0.25, 0.3) is 10.1 Å². The lowest BCUT2D eigenvalue weighted by molar-refractivity contribution is 0.352. The van der Waals surface area contributed by atoms with Crippen molar-refractivity contribution in [2.75, 3.05) is 6.54 Å². The third-order valence-corrected chi connectivity index (χ3v) is 5.33. The number of hydrogen-bond acceptors (Lipinski definition) is 2. The van der Waals surface area contributed by atoms with Gasteiger partial charge in [-0.2, -0.15) is 0 Å². The minimum atomic E-state index is 0.531. The van der Waals surface area contributed by atoms with Crippen molar-refractivity contribution < 1.29 is 0 Å². The minimum absolute atomic E-state index is 0.531. The molecule has 1 aromatic carbocycles. The van der Waals surface area contributed by atoms with E-state index in [0.717, 1.165) is 18.4 Å². The maximum absolute atomic E-state index is 3.79. The van der Waals surface area contributed by atoms with E-state index in [1.165, 1.54) is 34.9 Å². The highest BCUT2D eigenvalue weighted by atomic mass is 32.1. The molecule has 0 saturated heterocycles. The van der Waals surface area contributed by atoms with Gasteiger partial charge < -0.3 is 5.32 Å². The molecule has 3 rings (SSSR count). The van der Waals surface area contributed by atoms with Gasteiger partial charge in [-0.25, -0.2) is 0 Å². The van der Waals surface area contributed by atoms with Gasteiger partial charge in [-0.1, -0.05) is 32.0 Å². The largest absolute Gasteiger partial charge is 0.310 e. The molecule has 1 aliphatic carbocycles. The third kappa shape index (κ3) is 2.70. The van der Waals surface area contributed by atoms with Gasteiger partial charge in [-0.3, -0.25) is 0 Å². The van der Waals surface area contributed by atoms with Crippen LogP contribution in [0.1, 0.15) is 44.7 Å². The molecular formula is C17H23NS. The molecule has 1 heterocycles. The molecule has 0 spiro atoms. The molecule has 0 amide bonds. The summed E-state index contributed by atoms with van der Waals surface area (Å²) < 4.78 is 1.42. The van der Waals surface area contributed by atoms with Crippen LogP contribution in [0.2, 0.25) is 0 Å². The van der Waals surface area contributed by atoms with Crippen molar-refractivity contribution in [1.29, 1.82) is 0 Å². The van der Waals surface area contributed by atoms with Crippen molar-refractivity contribution in [3.8, 4) is 0 Å². The zero-order chi connectivity index (χ0) is 13.2. The van der Waals surface area contributed by atoms with Crippen LogP contribution < -0.4 is 5.32 Å². The van der Waals surface area contributed by atoms with E-state index in [9.17, 15) is 0 Å². The first kappa shape index (κ1) is 13.1. The molecule has 1 aromatic heterocycles. The van der Waals surface area contributed by atoms with Gasteiger partial charge in [0, 0.05) is 10.7 Å². The predicted molar refractivity (Wildman–Crippen MR) is 84.7 cm³/mol. The summed E-state index contributed by atoms with van der Waals surface area (Å²) in [5, 5.41) is 7.62. The molecular weight excluding hydrogens is 250 g/mol. The fourth-order valence-corrected chi connectivity index (χ4v) is 4.01. The molecule has 2 heteroatoms. The number of fused-ring (bicyclic) bond motifs is 1. The summed E-state index contributed by atoms with van der Waals surface area (Å²) >= 11 is 1.89. The summed E-state index contributed by atoms with van der Waals surface area (Å²) in [7, 11) is 0. The molecule has 2 unspecified atom stereocenters. The van der Waals surface area contributed by atoms with E-state index in [1.54, 1.807) is 0 Å². The van der Waals surface area contributed by atoms with Crippen LogP contribution in [-0.4, -0.2) is 6.54 Å². The van der Waals surface area contributed by atoms with Gasteiger partial charge in [-0.15, -0.1) is 11.3 Å². The highest BCUT2D eigenvalue weighted by molar-refractivity contribution is 7.17. The first-order chi connectivity index (χ1) is 9.31. The second-order valence-corrected chi connectivity index (χ2v) is 6.73. The molecule has 0 bridgehead atoms. The van der Waals surface area contributed by atoms with E-state index in [4.69, 9.17) is 0 Å². The van der Waals surface area contributed by atoms with Crippen LogP contribution in [-0.2, 0) is 0 Å². The van der Waals surface area contributed by atoms with Crippen LogP contribution in [0.4, 0.5) is 0 Å². The molecule has 1 fully saturated rings. The standard InChI is InChI=1S/C17H23NS/c1-3-10-18-17(12(2)13-8-9-13)15-11-19-16-7-5-4-6-14(15)16/h4-7,11-13,17-18H,3,8-10H2,1-2H3. The van der Waals surface area contributed by atoms with E-state index in [0.29, 0.717) is 6.04 Å². The summed E-state index contributed by atoms with van der Waals surface area (Å²) in [5.41, 5.74) is 1.52. The number of rotatable bonds is 6. The SMILES string of the molecule is CCCNC(c1csc2ccccc12)C(C)C1CC1. The Bertz CT molecular complexity index is 541. The summed E-state index contributed by atoms with van der Waals surface area (Å²) in [6.45, 7) is 5.79. The molecule has 2 atom stereocenters. The van der Waals surface area contributed by atoms with Gasteiger partial charge in [0.2, 0.25) is 0 Å². The molecule has 102 valence electrons. The number of benzene rings is 1. The maximum atomic E-state index is 3.79. The number of nitrogens with one attached hydrogen (secondary N) is 1. The molecule has 19 heavy (non-hydrogen) atoms. The molecule has 1 nitrogen and oxygen atoms in total. The smallest absolute Gasteiger partial charge is 0.0363 e. The topological polar surface area (TPSA) is 12.0 Å². The average molecular weight is 273 g/mol. The Morgan fingerprint density at radius 2 is 2.11 bits per heavy atom. The van der Waals surface area contributed by atoms with Crippen LogP contribution in [0, 0.1) is 11.8 Å². The lowest BCUT2D eigenvalue weighted by atomic mass is 9.90. The fourth-order valence-electron chi connectivity index (χ4n) is 3.01. The quantitative estimate of drug-likeness (QED) is 0.782. The molecule has 1 aliphatic rings. The van der Waals surface area contributed by atoms with Crippen LogP contribution in [0.3, 0.4) is 0 Å². The van der Waals surface area contributed by atoms with Crippen molar-refractivity contribution in [3.63, 3.8) is 0 Å². The second-order valence-electron chi connectivity index (χ2n) is 5.82. The first-order valence-corrected chi connectivity index (χ1v) is 8.38. The molecule has 2 aromatic rings. The Morgan fingerprint density at radius 3 is 2.84 bits per heavy atom. The zero-order valence-electron chi connectivity index (χ0n) is 11.9. The summed E-state index contributed by atoms with van der Waals surface area (Å²) in [6, 6.07) is 9.35. The van der Waals surface area contributed by atoms with Crippen LogP contribution in [0.5, 0.6) is 0 Å². The molecule has 1 saturated carbocycles. The van der Waals surface area contributed by atoms with Gasteiger partial charge in [0.05, 0.1) is 0 Å².